The number of hydrogen-bond acceptors (Lipinski definition) is 3. The lowest BCUT2D eigenvalue weighted by atomic mass is 10.2. The summed E-state index contributed by atoms with van der Waals surface area (Å²) in [6, 6.07) is 5.49. The lowest BCUT2D eigenvalue weighted by Crippen LogP contribution is -2.32. The summed E-state index contributed by atoms with van der Waals surface area (Å²) in [5.74, 6) is 0. The third kappa shape index (κ3) is 4.04. The van der Waals surface area contributed by atoms with Gasteiger partial charge in [0.25, 0.3) is 0 Å². The standard InChI is InChI=1S/C14H21BrN2O2S/c1-2-16-10-11-7-8-14(13(15)9-11)20(18,19)17-12-5-3-4-6-12/h7-9,12,16-17H,2-6,10H2,1H3. The second-order valence-electron chi connectivity index (χ2n) is 5.15. The van der Waals surface area contributed by atoms with E-state index in [1.165, 1.54) is 0 Å². The van der Waals surface area contributed by atoms with Gasteiger partial charge >= 0.3 is 0 Å². The van der Waals surface area contributed by atoms with Crippen molar-refractivity contribution in [3.8, 4) is 0 Å². The SMILES string of the molecule is CCNCc1ccc(S(=O)(=O)NC2CCCC2)c(Br)c1. The Kier molecular flexibility index (Phi) is 5.60. The Labute approximate surface area is 129 Å². The van der Waals surface area contributed by atoms with Gasteiger partial charge in [-0.1, -0.05) is 25.8 Å². The fourth-order valence-electron chi connectivity index (χ4n) is 2.47. The summed E-state index contributed by atoms with van der Waals surface area (Å²) in [4.78, 5) is 0.324. The van der Waals surface area contributed by atoms with Crippen molar-refractivity contribution in [1.82, 2.24) is 10.0 Å². The summed E-state index contributed by atoms with van der Waals surface area (Å²) < 4.78 is 28.2. The zero-order chi connectivity index (χ0) is 14.6. The molecule has 6 heteroatoms. The van der Waals surface area contributed by atoms with Crippen LogP contribution in [-0.4, -0.2) is 21.0 Å². The number of nitrogens with one attached hydrogen (secondary N) is 2. The predicted octanol–water partition coefficient (Wildman–Crippen LogP) is 2.78. The molecule has 0 amide bonds. The average Bonchev–Trinajstić information content (AvgIpc) is 2.88. The third-order valence-corrected chi connectivity index (χ3v) is 6.04. The van der Waals surface area contributed by atoms with Crippen LogP contribution in [0.3, 0.4) is 0 Å². The fraction of sp³-hybridized carbons (Fsp3) is 0.571. The Morgan fingerprint density at radius 2 is 2.00 bits per heavy atom. The lowest BCUT2D eigenvalue weighted by Gasteiger charge is -2.14. The van der Waals surface area contributed by atoms with Crippen molar-refractivity contribution in [2.45, 2.75) is 50.1 Å². The van der Waals surface area contributed by atoms with Crippen LogP contribution < -0.4 is 10.0 Å². The molecule has 112 valence electrons. The maximum absolute atomic E-state index is 12.4. The summed E-state index contributed by atoms with van der Waals surface area (Å²) in [7, 11) is -3.43. The van der Waals surface area contributed by atoms with Gasteiger partial charge in [0.1, 0.15) is 0 Å². The van der Waals surface area contributed by atoms with Gasteiger partial charge in [-0.3, -0.25) is 0 Å². The lowest BCUT2D eigenvalue weighted by molar-refractivity contribution is 0.551. The van der Waals surface area contributed by atoms with Crippen molar-refractivity contribution in [3.63, 3.8) is 0 Å². The fourth-order valence-corrected chi connectivity index (χ4v) is 4.90. The van der Waals surface area contributed by atoms with Gasteiger partial charge in [0, 0.05) is 17.1 Å². The van der Waals surface area contributed by atoms with E-state index < -0.39 is 10.0 Å². The molecule has 4 nitrogen and oxygen atoms in total. The molecule has 2 N–H and O–H groups in total. The number of rotatable bonds is 6. The molecule has 2 rings (SSSR count). The molecule has 0 radical (unpaired) electrons. The molecule has 0 aromatic heterocycles. The summed E-state index contributed by atoms with van der Waals surface area (Å²) in [6.07, 6.45) is 4.09. The smallest absolute Gasteiger partial charge is 0.241 e. The Morgan fingerprint density at radius 3 is 2.60 bits per heavy atom. The van der Waals surface area contributed by atoms with Crippen LogP contribution in [-0.2, 0) is 16.6 Å². The van der Waals surface area contributed by atoms with Crippen molar-refractivity contribution in [2.75, 3.05) is 6.54 Å². The highest BCUT2D eigenvalue weighted by atomic mass is 79.9. The largest absolute Gasteiger partial charge is 0.313 e. The van der Waals surface area contributed by atoms with Crippen LogP contribution in [0.4, 0.5) is 0 Å². The molecule has 1 aliphatic carbocycles. The molecule has 0 saturated heterocycles. The monoisotopic (exact) mass is 360 g/mol. The van der Waals surface area contributed by atoms with Gasteiger partial charge in [0.2, 0.25) is 10.0 Å². The van der Waals surface area contributed by atoms with Crippen molar-refractivity contribution in [1.29, 1.82) is 0 Å². The minimum absolute atomic E-state index is 0.0911. The van der Waals surface area contributed by atoms with Crippen LogP contribution in [0.25, 0.3) is 0 Å². The van der Waals surface area contributed by atoms with Crippen molar-refractivity contribution in [3.05, 3.63) is 28.2 Å². The van der Waals surface area contributed by atoms with Gasteiger partial charge in [-0.25, -0.2) is 13.1 Å². The Morgan fingerprint density at radius 1 is 1.30 bits per heavy atom. The van der Waals surface area contributed by atoms with Gasteiger partial charge in [-0.2, -0.15) is 0 Å². The van der Waals surface area contributed by atoms with Gasteiger partial charge in [-0.05, 0) is 53.0 Å². The first-order valence-electron chi connectivity index (χ1n) is 7.04. The van der Waals surface area contributed by atoms with E-state index in [1.54, 1.807) is 6.07 Å². The van der Waals surface area contributed by atoms with Crippen LogP contribution >= 0.6 is 15.9 Å². The van der Waals surface area contributed by atoms with E-state index in [9.17, 15) is 8.42 Å². The quantitative estimate of drug-likeness (QED) is 0.819. The molecule has 0 atom stereocenters. The first-order chi connectivity index (χ1) is 9.53. The zero-order valence-electron chi connectivity index (χ0n) is 11.7. The second kappa shape index (κ2) is 7.02. The second-order valence-corrected chi connectivity index (χ2v) is 7.68. The number of benzene rings is 1. The van der Waals surface area contributed by atoms with Crippen LogP contribution in [0.1, 0.15) is 38.2 Å². The molecule has 0 unspecified atom stereocenters. The van der Waals surface area contributed by atoms with E-state index in [4.69, 9.17) is 0 Å². The van der Waals surface area contributed by atoms with Crippen LogP contribution in [0.2, 0.25) is 0 Å². The zero-order valence-corrected chi connectivity index (χ0v) is 14.1. The average molecular weight is 361 g/mol. The van der Waals surface area contributed by atoms with Gasteiger partial charge in [0.05, 0.1) is 4.90 Å². The van der Waals surface area contributed by atoms with Gasteiger partial charge in [0.15, 0.2) is 0 Å². The molecular formula is C14H21BrN2O2S. The van der Waals surface area contributed by atoms with E-state index >= 15 is 0 Å². The summed E-state index contributed by atoms with van der Waals surface area (Å²) >= 11 is 3.38. The molecule has 0 spiro atoms. The maximum atomic E-state index is 12.4. The number of halogens is 1. The van der Waals surface area contributed by atoms with Crippen LogP contribution in [0.15, 0.2) is 27.6 Å². The molecule has 1 fully saturated rings. The third-order valence-electron chi connectivity index (χ3n) is 3.54. The molecule has 0 heterocycles. The van der Waals surface area contributed by atoms with E-state index in [-0.39, 0.29) is 6.04 Å². The van der Waals surface area contributed by atoms with E-state index in [2.05, 4.69) is 26.0 Å². The molecule has 1 aliphatic rings. The predicted molar refractivity (Wildman–Crippen MR) is 84.1 cm³/mol. The number of hydrogen-bond donors (Lipinski definition) is 2. The molecular weight excluding hydrogens is 340 g/mol. The molecule has 0 aliphatic heterocycles. The first kappa shape index (κ1) is 15.9. The first-order valence-corrected chi connectivity index (χ1v) is 9.32. The number of sulfonamides is 1. The van der Waals surface area contributed by atoms with Gasteiger partial charge < -0.3 is 5.32 Å². The van der Waals surface area contributed by atoms with E-state index in [1.807, 2.05) is 19.1 Å². The molecule has 1 saturated carbocycles. The Bertz CT molecular complexity index is 554. The Hall–Kier alpha value is -0.430. The van der Waals surface area contributed by atoms with Crippen LogP contribution in [0, 0.1) is 0 Å². The van der Waals surface area contributed by atoms with E-state index in [0.29, 0.717) is 9.37 Å². The molecule has 0 bridgehead atoms. The van der Waals surface area contributed by atoms with Crippen LogP contribution in [0.5, 0.6) is 0 Å². The Balaban J connectivity index is 2.14. The molecule has 1 aromatic rings. The molecule has 1 aromatic carbocycles. The van der Waals surface area contributed by atoms with Crippen molar-refractivity contribution >= 4 is 26.0 Å². The summed E-state index contributed by atoms with van der Waals surface area (Å²) in [5, 5.41) is 3.22. The minimum atomic E-state index is -3.43. The van der Waals surface area contributed by atoms with Crippen molar-refractivity contribution in [2.24, 2.45) is 0 Å². The van der Waals surface area contributed by atoms with Crippen molar-refractivity contribution < 1.29 is 8.42 Å². The summed E-state index contributed by atoms with van der Waals surface area (Å²) in [5.41, 5.74) is 1.07. The highest BCUT2D eigenvalue weighted by molar-refractivity contribution is 9.10. The normalized spacial score (nSPS) is 16.7. The topological polar surface area (TPSA) is 58.2 Å². The minimum Gasteiger partial charge on any atom is -0.313 e. The maximum Gasteiger partial charge on any atom is 0.241 e. The highest BCUT2D eigenvalue weighted by Crippen LogP contribution is 2.25. The highest BCUT2D eigenvalue weighted by Gasteiger charge is 2.24. The summed E-state index contributed by atoms with van der Waals surface area (Å²) in [6.45, 7) is 3.67. The van der Waals surface area contributed by atoms with Gasteiger partial charge in [-0.15, -0.1) is 0 Å². The van der Waals surface area contributed by atoms with E-state index in [0.717, 1.165) is 44.3 Å². The molecule has 20 heavy (non-hydrogen) atoms.